The maximum atomic E-state index is 2.99. The molecule has 2 atom stereocenters. The molecule has 90 valence electrons. The van der Waals surface area contributed by atoms with Gasteiger partial charge >= 0.3 is 26.2 Å². The van der Waals surface area contributed by atoms with Crippen LogP contribution in [0.5, 0.6) is 0 Å². The second kappa shape index (κ2) is 10.8. The monoisotopic (exact) mass is 312 g/mol. The fourth-order valence-electron chi connectivity index (χ4n) is 2.03. The Morgan fingerprint density at radius 1 is 1.06 bits per heavy atom. The first-order valence-electron chi connectivity index (χ1n) is 5.37. The van der Waals surface area contributed by atoms with Crippen molar-refractivity contribution in [2.45, 2.75) is 19.3 Å². The second-order valence-electron chi connectivity index (χ2n) is 3.83. The Labute approximate surface area is 121 Å². The molecule has 1 saturated carbocycles. The number of fused-ring (bicyclic) bond motifs is 1. The number of hydrogen-bond donors (Lipinski definition) is 0. The van der Waals surface area contributed by atoms with E-state index < -0.39 is 0 Å². The molecule has 0 aromatic heterocycles. The Kier molecular flexibility index (Phi) is 12.1. The first kappa shape index (κ1) is 19.1. The summed E-state index contributed by atoms with van der Waals surface area (Å²) in [5.74, 6) is 1.62. The maximum absolute atomic E-state index is 2.99. The van der Waals surface area contributed by atoms with Gasteiger partial charge in [-0.2, -0.15) is 12.5 Å². The molecule has 0 radical (unpaired) electrons. The summed E-state index contributed by atoms with van der Waals surface area (Å²) in [5, 5.41) is 0. The molecule has 3 aliphatic rings. The van der Waals surface area contributed by atoms with Gasteiger partial charge in [-0.25, -0.2) is 12.2 Å². The van der Waals surface area contributed by atoms with Crippen molar-refractivity contribution in [1.82, 2.24) is 0 Å². The molecular weight excluding hydrogens is 297 g/mol. The zero-order chi connectivity index (χ0) is 9.64. The third-order valence-electron chi connectivity index (χ3n) is 2.82. The number of hydrogen-bond acceptors (Lipinski definition) is 0. The van der Waals surface area contributed by atoms with Crippen molar-refractivity contribution in [3.8, 4) is 0 Å². The van der Waals surface area contributed by atoms with Gasteiger partial charge < -0.3 is 15.8 Å². The summed E-state index contributed by atoms with van der Waals surface area (Å²) in [6.45, 7) is 0. The molecule has 0 bridgehead atoms. The number of halogens is 2. The molecule has 1 fully saturated rings. The minimum absolute atomic E-state index is 0. The normalized spacial score (nSPS) is 25.9. The predicted octanol–water partition coefficient (Wildman–Crippen LogP) is -2.35. The summed E-state index contributed by atoms with van der Waals surface area (Å²) in [4.78, 5) is 0. The van der Waals surface area contributed by atoms with Crippen LogP contribution in [0.25, 0.3) is 0 Å². The van der Waals surface area contributed by atoms with Crippen molar-refractivity contribution in [2.24, 2.45) is 11.8 Å². The Balaban J connectivity index is 0. The molecular formula is C14H16F2Zr. The Morgan fingerprint density at radius 3 is 2.35 bits per heavy atom. The smallest absolute Gasteiger partial charge is 1.00 e. The Morgan fingerprint density at radius 2 is 1.82 bits per heavy atom. The molecule has 0 aromatic rings. The van der Waals surface area contributed by atoms with Crippen LogP contribution in [0.4, 0.5) is 0 Å². The molecule has 3 heteroatoms. The zero-order valence-electron chi connectivity index (χ0n) is 9.65. The van der Waals surface area contributed by atoms with E-state index in [1.807, 2.05) is 12.2 Å². The fraction of sp³-hybridized carbons (Fsp3) is 0.357. The summed E-state index contributed by atoms with van der Waals surface area (Å²) in [7, 11) is 0. The van der Waals surface area contributed by atoms with Crippen molar-refractivity contribution in [3.05, 3.63) is 55.0 Å². The average molecular weight is 314 g/mol. The standard InChI is InChI=1S/C9H11.C5H5.2FH.Zr/c1-2-5-9-7-3-6-8(9)4-1;1-2-4-5-3-1;;;/h1-2,4-6,8-9H,3,7H2;1-3H,4H2;2*1H;/q2*-1;;;+4/p-2. The Bertz CT molecular complexity index is 265. The first-order valence-corrected chi connectivity index (χ1v) is 5.37. The third kappa shape index (κ3) is 6.26. The van der Waals surface area contributed by atoms with Crippen LogP contribution in [0.15, 0.2) is 42.5 Å². The van der Waals surface area contributed by atoms with Crippen LogP contribution >= 0.6 is 0 Å². The molecule has 0 heterocycles. The molecule has 0 nitrogen and oxygen atoms in total. The van der Waals surface area contributed by atoms with E-state index in [0.717, 1.165) is 18.3 Å². The summed E-state index contributed by atoms with van der Waals surface area (Å²) in [6.07, 6.45) is 24.1. The number of allylic oxidation sites excluding steroid dienone is 8. The van der Waals surface area contributed by atoms with Crippen molar-refractivity contribution < 1.29 is 35.6 Å². The van der Waals surface area contributed by atoms with Gasteiger partial charge in [-0.1, -0.05) is 24.6 Å². The fourth-order valence-corrected chi connectivity index (χ4v) is 2.03. The van der Waals surface area contributed by atoms with E-state index in [-0.39, 0.29) is 35.6 Å². The van der Waals surface area contributed by atoms with Crippen LogP contribution in [-0.4, -0.2) is 0 Å². The molecule has 2 unspecified atom stereocenters. The van der Waals surface area contributed by atoms with Crippen LogP contribution in [0.1, 0.15) is 19.3 Å². The maximum Gasteiger partial charge on any atom is 4.00 e. The SMILES string of the molecule is C1=CC2[CH-]CCC2C=C1.[C-]1=CC=CC1.[F-].[F-].[Zr+4]. The van der Waals surface area contributed by atoms with Crippen LogP contribution in [-0.2, 0) is 26.2 Å². The van der Waals surface area contributed by atoms with Gasteiger partial charge in [0.05, 0.1) is 0 Å². The molecule has 0 saturated heterocycles. The van der Waals surface area contributed by atoms with Gasteiger partial charge in [0.15, 0.2) is 0 Å². The average Bonchev–Trinajstić information content (AvgIpc) is 2.92. The van der Waals surface area contributed by atoms with E-state index in [4.69, 9.17) is 0 Å². The van der Waals surface area contributed by atoms with Crippen molar-refractivity contribution in [2.75, 3.05) is 0 Å². The topological polar surface area (TPSA) is 0 Å². The molecule has 0 N–H and O–H groups in total. The van der Waals surface area contributed by atoms with Gasteiger partial charge in [0, 0.05) is 0 Å². The van der Waals surface area contributed by atoms with Crippen LogP contribution < -0.4 is 9.41 Å². The van der Waals surface area contributed by atoms with Crippen molar-refractivity contribution in [1.29, 1.82) is 0 Å². The minimum Gasteiger partial charge on any atom is -1.00 e. The molecule has 0 amide bonds. The van der Waals surface area contributed by atoms with Crippen molar-refractivity contribution in [3.63, 3.8) is 0 Å². The van der Waals surface area contributed by atoms with Gasteiger partial charge in [-0.15, -0.1) is 18.4 Å². The second-order valence-corrected chi connectivity index (χ2v) is 3.83. The van der Waals surface area contributed by atoms with Crippen LogP contribution in [0.2, 0.25) is 0 Å². The summed E-state index contributed by atoms with van der Waals surface area (Å²) in [5.41, 5.74) is 0. The van der Waals surface area contributed by atoms with E-state index >= 15 is 0 Å². The van der Waals surface area contributed by atoms with Crippen LogP contribution in [0, 0.1) is 24.3 Å². The van der Waals surface area contributed by atoms with Gasteiger partial charge in [-0.3, -0.25) is 6.08 Å². The van der Waals surface area contributed by atoms with Crippen LogP contribution in [0.3, 0.4) is 0 Å². The first-order chi connectivity index (χ1) is 6.97. The van der Waals surface area contributed by atoms with E-state index in [9.17, 15) is 0 Å². The van der Waals surface area contributed by atoms with E-state index in [1.54, 1.807) is 0 Å². The van der Waals surface area contributed by atoms with Gasteiger partial charge in [0.25, 0.3) is 0 Å². The van der Waals surface area contributed by atoms with Gasteiger partial charge in [0.1, 0.15) is 0 Å². The summed E-state index contributed by atoms with van der Waals surface area (Å²) < 4.78 is 0. The Hall–Kier alpha value is -0.297. The summed E-state index contributed by atoms with van der Waals surface area (Å²) in [6, 6.07) is 0. The molecule has 3 rings (SSSR count). The predicted molar refractivity (Wildman–Crippen MR) is 60.4 cm³/mol. The van der Waals surface area contributed by atoms with Gasteiger partial charge in [0.2, 0.25) is 0 Å². The molecule has 17 heavy (non-hydrogen) atoms. The number of rotatable bonds is 0. The van der Waals surface area contributed by atoms with E-state index in [1.165, 1.54) is 12.8 Å². The molecule has 0 aliphatic heterocycles. The van der Waals surface area contributed by atoms with Gasteiger partial charge in [-0.05, 0) is 5.92 Å². The summed E-state index contributed by atoms with van der Waals surface area (Å²) >= 11 is 0. The molecule has 0 aromatic carbocycles. The zero-order valence-corrected chi connectivity index (χ0v) is 12.1. The largest absolute Gasteiger partial charge is 4.00 e. The quantitative estimate of drug-likeness (QED) is 0.440. The third-order valence-corrected chi connectivity index (χ3v) is 2.82. The van der Waals surface area contributed by atoms with Crippen molar-refractivity contribution >= 4 is 0 Å². The molecule has 3 aliphatic carbocycles. The van der Waals surface area contributed by atoms with E-state index in [2.05, 4.69) is 42.9 Å². The van der Waals surface area contributed by atoms with E-state index in [0.29, 0.717) is 0 Å². The molecule has 0 spiro atoms. The minimum atomic E-state index is 0.